The largest absolute Gasteiger partial charge is 0.337 e. The Balaban J connectivity index is 2.00. The molecule has 0 amide bonds. The van der Waals surface area contributed by atoms with Crippen LogP contribution >= 0.6 is 34.3 Å². The summed E-state index contributed by atoms with van der Waals surface area (Å²) in [5, 5.41) is 0.882. The van der Waals surface area contributed by atoms with Gasteiger partial charge in [0.25, 0.3) is 5.56 Å². The van der Waals surface area contributed by atoms with Crippen LogP contribution in [-0.2, 0) is 6.54 Å². The van der Waals surface area contributed by atoms with E-state index in [4.69, 9.17) is 11.6 Å². The van der Waals surface area contributed by atoms with E-state index in [0.29, 0.717) is 26.5 Å². The number of thiophene rings is 2. The van der Waals surface area contributed by atoms with Gasteiger partial charge in [-0.15, -0.1) is 22.7 Å². The van der Waals surface area contributed by atoms with Crippen molar-refractivity contribution in [2.45, 2.75) is 34.2 Å². The summed E-state index contributed by atoms with van der Waals surface area (Å²) in [6, 6.07) is 8.45. The van der Waals surface area contributed by atoms with Crippen LogP contribution in [0.1, 0.15) is 30.6 Å². The van der Waals surface area contributed by atoms with E-state index in [1.807, 2.05) is 33.8 Å². The summed E-state index contributed by atoms with van der Waals surface area (Å²) < 4.78 is 2.52. The number of halogens is 1. The zero-order valence-electron chi connectivity index (χ0n) is 16.9. The van der Waals surface area contributed by atoms with E-state index < -0.39 is 11.2 Å². The number of ketones is 1. The van der Waals surface area contributed by atoms with Crippen LogP contribution in [-0.4, -0.2) is 14.9 Å². The van der Waals surface area contributed by atoms with Crippen molar-refractivity contribution in [2.75, 3.05) is 0 Å². The van der Waals surface area contributed by atoms with Crippen LogP contribution in [0.25, 0.3) is 15.9 Å². The van der Waals surface area contributed by atoms with Gasteiger partial charge in [-0.25, -0.2) is 9.36 Å². The molecular weight excluding hydrogens is 440 g/mol. The molecular formula is C22H19ClN2O3S2. The summed E-state index contributed by atoms with van der Waals surface area (Å²) in [6.45, 7) is 7.49. The van der Waals surface area contributed by atoms with Gasteiger partial charge in [-0.2, -0.15) is 0 Å². The van der Waals surface area contributed by atoms with Crippen molar-refractivity contribution >= 4 is 50.3 Å². The average Bonchev–Trinajstić information content (AvgIpc) is 3.17. The van der Waals surface area contributed by atoms with E-state index in [1.165, 1.54) is 15.9 Å². The Labute approximate surface area is 185 Å². The van der Waals surface area contributed by atoms with Crippen molar-refractivity contribution in [3.05, 3.63) is 82.0 Å². The first-order valence-electron chi connectivity index (χ1n) is 9.30. The van der Waals surface area contributed by atoms with Gasteiger partial charge in [0.05, 0.1) is 17.6 Å². The standard InChI is InChI=1S/C22H19ClN2O3S2/c1-11-8-17(14(4)29-11)18(26)10-24-21-19(12(2)13(3)30-21)20(27)25(22(24)28)16-7-5-6-15(23)9-16/h5-9H,10H2,1-4H3. The first-order valence-corrected chi connectivity index (χ1v) is 11.3. The van der Waals surface area contributed by atoms with Gasteiger partial charge in [0.1, 0.15) is 4.83 Å². The van der Waals surface area contributed by atoms with Gasteiger partial charge < -0.3 is 0 Å². The molecule has 0 radical (unpaired) electrons. The molecule has 0 fully saturated rings. The zero-order chi connectivity index (χ0) is 21.7. The van der Waals surface area contributed by atoms with Gasteiger partial charge in [-0.05, 0) is 57.5 Å². The molecule has 8 heteroatoms. The van der Waals surface area contributed by atoms with Crippen LogP contribution < -0.4 is 11.2 Å². The highest BCUT2D eigenvalue weighted by Gasteiger charge is 2.22. The Bertz CT molecular complexity index is 1440. The number of hydrogen-bond acceptors (Lipinski definition) is 5. The lowest BCUT2D eigenvalue weighted by molar-refractivity contribution is 0.0971. The molecule has 30 heavy (non-hydrogen) atoms. The lowest BCUT2D eigenvalue weighted by atomic mass is 10.1. The van der Waals surface area contributed by atoms with Crippen LogP contribution in [0, 0.1) is 27.7 Å². The first kappa shape index (κ1) is 20.8. The molecule has 0 saturated heterocycles. The lowest BCUT2D eigenvalue weighted by Gasteiger charge is -2.12. The van der Waals surface area contributed by atoms with E-state index in [9.17, 15) is 14.4 Å². The first-order chi connectivity index (χ1) is 14.2. The van der Waals surface area contributed by atoms with E-state index in [-0.39, 0.29) is 12.3 Å². The summed E-state index contributed by atoms with van der Waals surface area (Å²) >= 11 is 9.01. The number of aryl methyl sites for hydroxylation is 4. The molecule has 154 valence electrons. The molecule has 5 nitrogen and oxygen atoms in total. The van der Waals surface area contributed by atoms with Gasteiger partial charge in [-0.1, -0.05) is 17.7 Å². The third kappa shape index (κ3) is 3.37. The van der Waals surface area contributed by atoms with Gasteiger partial charge in [0.2, 0.25) is 0 Å². The van der Waals surface area contributed by atoms with E-state index >= 15 is 0 Å². The van der Waals surface area contributed by atoms with Gasteiger partial charge >= 0.3 is 5.69 Å². The Kier molecular flexibility index (Phi) is 5.30. The number of hydrogen-bond donors (Lipinski definition) is 0. The van der Waals surface area contributed by atoms with Crippen LogP contribution in [0.5, 0.6) is 0 Å². The number of nitrogens with zero attached hydrogens (tertiary/aromatic N) is 2. The summed E-state index contributed by atoms with van der Waals surface area (Å²) in [4.78, 5) is 43.2. The maximum Gasteiger partial charge on any atom is 0.337 e. The molecule has 0 saturated carbocycles. The Morgan fingerprint density at radius 2 is 1.77 bits per heavy atom. The Morgan fingerprint density at radius 3 is 2.40 bits per heavy atom. The van der Waals surface area contributed by atoms with Gasteiger partial charge in [-0.3, -0.25) is 14.2 Å². The van der Waals surface area contributed by atoms with Crippen molar-refractivity contribution in [3.8, 4) is 5.69 Å². The second kappa shape index (κ2) is 7.65. The van der Waals surface area contributed by atoms with Crippen LogP contribution in [0.2, 0.25) is 5.02 Å². The van der Waals surface area contributed by atoms with E-state index in [1.54, 1.807) is 35.6 Å². The minimum Gasteiger partial charge on any atom is -0.292 e. The molecule has 0 aliphatic rings. The molecule has 0 aliphatic carbocycles. The smallest absolute Gasteiger partial charge is 0.292 e. The number of benzene rings is 1. The molecule has 3 aromatic heterocycles. The third-order valence-corrected chi connectivity index (χ3v) is 7.59. The SMILES string of the molecule is Cc1cc(C(=O)Cn2c(=O)n(-c3cccc(Cl)c3)c(=O)c3c(C)c(C)sc32)c(C)s1. The normalized spacial score (nSPS) is 11.4. The van der Waals surface area contributed by atoms with Crippen molar-refractivity contribution < 1.29 is 4.79 Å². The Morgan fingerprint density at radius 1 is 1.03 bits per heavy atom. The fourth-order valence-electron chi connectivity index (χ4n) is 3.58. The quantitative estimate of drug-likeness (QED) is 0.402. The molecule has 0 spiro atoms. The second-order valence-corrected chi connectivity index (χ2v) is 10.3. The molecule has 0 atom stereocenters. The van der Waals surface area contributed by atoms with E-state index in [2.05, 4.69) is 0 Å². The molecule has 3 heterocycles. The van der Waals surface area contributed by atoms with Crippen molar-refractivity contribution in [1.29, 1.82) is 0 Å². The van der Waals surface area contributed by atoms with Gasteiger partial charge in [0, 0.05) is 25.2 Å². The Hall–Kier alpha value is -2.48. The number of aromatic nitrogens is 2. The highest BCUT2D eigenvalue weighted by molar-refractivity contribution is 7.18. The van der Waals surface area contributed by atoms with Crippen molar-refractivity contribution in [1.82, 2.24) is 9.13 Å². The number of Topliss-reactive ketones (excluding diaryl/α,β-unsaturated/α-hetero) is 1. The molecule has 0 aliphatic heterocycles. The summed E-state index contributed by atoms with van der Waals surface area (Å²) in [6.07, 6.45) is 0. The van der Waals surface area contributed by atoms with Crippen molar-refractivity contribution in [3.63, 3.8) is 0 Å². The minimum atomic E-state index is -0.547. The molecule has 0 unspecified atom stereocenters. The fourth-order valence-corrected chi connectivity index (χ4v) is 5.84. The topological polar surface area (TPSA) is 61.1 Å². The number of rotatable bonds is 4. The number of fused-ring (bicyclic) bond motifs is 1. The molecule has 4 aromatic rings. The maximum atomic E-state index is 13.4. The highest BCUT2D eigenvalue weighted by Crippen LogP contribution is 2.28. The summed E-state index contributed by atoms with van der Waals surface area (Å²) in [5.41, 5.74) is 0.869. The lowest BCUT2D eigenvalue weighted by Crippen LogP contribution is -2.39. The number of carbonyl (C=O) groups is 1. The molecule has 0 N–H and O–H groups in total. The minimum absolute atomic E-state index is 0.132. The van der Waals surface area contributed by atoms with Gasteiger partial charge in [0.15, 0.2) is 5.78 Å². The monoisotopic (exact) mass is 458 g/mol. The zero-order valence-corrected chi connectivity index (χ0v) is 19.3. The van der Waals surface area contributed by atoms with Crippen molar-refractivity contribution in [2.24, 2.45) is 0 Å². The fraction of sp³-hybridized carbons (Fsp3) is 0.227. The highest BCUT2D eigenvalue weighted by atomic mass is 35.5. The summed E-state index contributed by atoms with van der Waals surface area (Å²) in [5.74, 6) is -0.153. The molecule has 0 bridgehead atoms. The average molecular weight is 459 g/mol. The predicted octanol–water partition coefficient (Wildman–Crippen LogP) is 5.05. The maximum absolute atomic E-state index is 13.4. The molecule has 4 rings (SSSR count). The van der Waals surface area contributed by atoms with E-state index in [0.717, 1.165) is 24.8 Å². The second-order valence-electron chi connectivity index (χ2n) is 7.20. The third-order valence-electron chi connectivity index (χ3n) is 5.16. The number of carbonyl (C=O) groups excluding carboxylic acids is 1. The summed E-state index contributed by atoms with van der Waals surface area (Å²) in [7, 11) is 0. The van der Waals surface area contributed by atoms with Crippen LogP contribution in [0.3, 0.4) is 0 Å². The van der Waals surface area contributed by atoms with Crippen LogP contribution in [0.15, 0.2) is 39.9 Å². The van der Waals surface area contributed by atoms with Crippen LogP contribution in [0.4, 0.5) is 0 Å². The molecule has 1 aromatic carbocycles. The predicted molar refractivity (Wildman–Crippen MR) is 124 cm³/mol.